The second-order valence-electron chi connectivity index (χ2n) is 10.0. The number of hydrogen-bond acceptors (Lipinski definition) is 1. The third-order valence-electron chi connectivity index (χ3n) is 6.71. The molecule has 0 rings (SSSR count). The molecule has 0 unspecified atom stereocenters. The number of unbranched alkanes of at least 4 members (excludes halogenated alkanes) is 24. The average molecular weight is 436 g/mol. The second kappa shape index (κ2) is 29.7. The summed E-state index contributed by atoms with van der Waals surface area (Å²) >= 11 is 0. The van der Waals surface area contributed by atoms with Gasteiger partial charge < -0.3 is 0 Å². The third kappa shape index (κ3) is 29.7. The maximum Gasteiger partial charge on any atom is 0.0385 e. The molecule has 31 heavy (non-hydrogen) atoms. The first-order valence-corrected chi connectivity index (χ1v) is 14.9. The van der Waals surface area contributed by atoms with Crippen molar-refractivity contribution in [3.8, 4) is 0 Å². The summed E-state index contributed by atoms with van der Waals surface area (Å²) in [6, 6.07) is 0. The van der Waals surface area contributed by atoms with Gasteiger partial charge in [-0.1, -0.05) is 162 Å². The first-order valence-electron chi connectivity index (χ1n) is 14.9. The molecule has 0 heterocycles. The molecule has 1 nitrogen and oxygen atoms in total. The highest BCUT2D eigenvalue weighted by Gasteiger charge is 1.95. The smallest absolute Gasteiger partial charge is 0.0385 e. The quantitative estimate of drug-likeness (QED) is 0.0898. The lowest BCUT2D eigenvalue weighted by Gasteiger charge is -2.03. The Balaban J connectivity index is 3.05. The Morgan fingerprint density at radius 3 is 1.00 bits per heavy atom. The monoisotopic (exact) mass is 435 g/mol. The summed E-state index contributed by atoms with van der Waals surface area (Å²) in [5, 5.41) is 0. The summed E-state index contributed by atoms with van der Waals surface area (Å²) in [5.41, 5.74) is 0. The van der Waals surface area contributed by atoms with E-state index < -0.39 is 0 Å². The minimum absolute atomic E-state index is 1.07. The minimum atomic E-state index is 1.07. The summed E-state index contributed by atoms with van der Waals surface area (Å²) in [7, 11) is 0. The van der Waals surface area contributed by atoms with Gasteiger partial charge in [0.25, 0.3) is 0 Å². The van der Waals surface area contributed by atoms with Gasteiger partial charge in [0.05, 0.1) is 0 Å². The molecule has 0 aliphatic heterocycles. The van der Waals surface area contributed by atoms with E-state index in [0.29, 0.717) is 0 Å². The molecule has 0 N–H and O–H groups in total. The van der Waals surface area contributed by atoms with Crippen LogP contribution < -0.4 is 0 Å². The van der Waals surface area contributed by atoms with E-state index in [4.69, 9.17) is 0 Å². The van der Waals surface area contributed by atoms with Gasteiger partial charge in [-0.15, -0.1) is 0 Å². The number of rotatable bonds is 27. The van der Waals surface area contributed by atoms with E-state index in [-0.39, 0.29) is 0 Å². The van der Waals surface area contributed by atoms with Crippen LogP contribution in [0.3, 0.4) is 0 Å². The lowest BCUT2D eigenvalue weighted by Crippen LogP contribution is -1.86. The molecule has 0 fully saturated rings. The van der Waals surface area contributed by atoms with E-state index in [1.54, 1.807) is 0 Å². The van der Waals surface area contributed by atoms with Crippen molar-refractivity contribution in [2.24, 2.45) is 4.99 Å². The van der Waals surface area contributed by atoms with E-state index in [9.17, 15) is 0 Å². The van der Waals surface area contributed by atoms with E-state index >= 15 is 0 Å². The van der Waals surface area contributed by atoms with Gasteiger partial charge in [-0.05, 0) is 25.5 Å². The van der Waals surface area contributed by atoms with Crippen molar-refractivity contribution >= 4 is 6.21 Å². The fourth-order valence-corrected chi connectivity index (χ4v) is 4.48. The van der Waals surface area contributed by atoms with Crippen LogP contribution in [0.2, 0.25) is 0 Å². The maximum absolute atomic E-state index is 4.62. The molecule has 0 spiro atoms. The molecular weight excluding hydrogens is 374 g/mol. The van der Waals surface area contributed by atoms with Gasteiger partial charge in [0.2, 0.25) is 0 Å². The van der Waals surface area contributed by atoms with Gasteiger partial charge in [-0.2, -0.15) is 0 Å². The topological polar surface area (TPSA) is 12.4 Å². The second-order valence-corrected chi connectivity index (χ2v) is 10.0. The first-order chi connectivity index (χ1) is 15.4. The molecular formula is C30H61N. The lowest BCUT2D eigenvalue weighted by molar-refractivity contribution is 0.530. The van der Waals surface area contributed by atoms with Gasteiger partial charge in [-0.25, -0.2) is 0 Å². The van der Waals surface area contributed by atoms with Gasteiger partial charge >= 0.3 is 0 Å². The molecule has 0 aliphatic carbocycles. The molecule has 0 atom stereocenters. The highest BCUT2D eigenvalue weighted by atomic mass is 14.7. The highest BCUT2D eigenvalue weighted by molar-refractivity contribution is 5.56. The summed E-state index contributed by atoms with van der Waals surface area (Å²) < 4.78 is 0. The molecule has 0 bridgehead atoms. The molecule has 0 aromatic heterocycles. The molecule has 0 aromatic rings. The molecule has 0 saturated heterocycles. The van der Waals surface area contributed by atoms with Crippen LogP contribution >= 0.6 is 0 Å². The molecule has 1 heteroatoms. The van der Waals surface area contributed by atoms with Crippen molar-refractivity contribution in [1.29, 1.82) is 0 Å². The Hall–Kier alpha value is -0.330. The Labute approximate surface area is 198 Å². The molecule has 186 valence electrons. The van der Waals surface area contributed by atoms with E-state index in [2.05, 4.69) is 25.1 Å². The normalized spacial score (nSPS) is 11.7. The Morgan fingerprint density at radius 1 is 0.355 bits per heavy atom. The predicted molar refractivity (Wildman–Crippen MR) is 145 cm³/mol. The largest absolute Gasteiger partial charge is 0.298 e. The van der Waals surface area contributed by atoms with Crippen molar-refractivity contribution < 1.29 is 0 Å². The fraction of sp³-hybridized carbons (Fsp3) is 0.967. The van der Waals surface area contributed by atoms with Crippen LogP contribution in [-0.4, -0.2) is 12.8 Å². The van der Waals surface area contributed by atoms with E-state index in [0.717, 1.165) is 6.54 Å². The van der Waals surface area contributed by atoms with Crippen LogP contribution in [0.15, 0.2) is 4.99 Å². The van der Waals surface area contributed by atoms with Crippen LogP contribution in [0, 0.1) is 0 Å². The average Bonchev–Trinajstić information content (AvgIpc) is 2.78. The third-order valence-corrected chi connectivity index (χ3v) is 6.71. The fourth-order valence-electron chi connectivity index (χ4n) is 4.48. The zero-order chi connectivity index (χ0) is 22.5. The minimum Gasteiger partial charge on any atom is -0.298 e. The van der Waals surface area contributed by atoms with Crippen LogP contribution in [0.4, 0.5) is 0 Å². The molecule has 0 aromatic carbocycles. The van der Waals surface area contributed by atoms with Crippen molar-refractivity contribution in [1.82, 2.24) is 0 Å². The number of aliphatic imine (C=N–C) groups is 1. The van der Waals surface area contributed by atoms with Crippen molar-refractivity contribution in [2.75, 3.05) is 6.54 Å². The summed E-state index contributed by atoms with van der Waals surface area (Å²) in [6.45, 7) is 5.66. The Morgan fingerprint density at radius 2 is 0.645 bits per heavy atom. The van der Waals surface area contributed by atoms with E-state index in [1.807, 2.05) is 0 Å². The lowest BCUT2D eigenvalue weighted by atomic mass is 10.0. The summed E-state index contributed by atoms with van der Waals surface area (Å²) in [6.07, 6.45) is 39.2. The molecule has 0 saturated carbocycles. The van der Waals surface area contributed by atoms with Crippen molar-refractivity contribution in [3.05, 3.63) is 0 Å². The molecule has 0 amide bonds. The first kappa shape index (κ1) is 30.7. The van der Waals surface area contributed by atoms with Gasteiger partial charge in [-0.3, -0.25) is 4.99 Å². The standard InChI is InChI=1S/C30H61N/c1-3-5-7-9-11-13-15-16-17-18-19-20-22-24-26-28-30-31-29-27-25-23-21-14-12-10-8-6-4-2/h29H,3-28,30H2,1-2H3. The number of nitrogens with zero attached hydrogens (tertiary/aromatic N) is 1. The van der Waals surface area contributed by atoms with Crippen molar-refractivity contribution in [3.63, 3.8) is 0 Å². The van der Waals surface area contributed by atoms with E-state index in [1.165, 1.54) is 167 Å². The molecule has 0 aliphatic rings. The molecule has 0 radical (unpaired) electrons. The highest BCUT2D eigenvalue weighted by Crippen LogP contribution is 2.14. The van der Waals surface area contributed by atoms with Crippen LogP contribution in [0.25, 0.3) is 0 Å². The Kier molecular flexibility index (Phi) is 29.4. The SMILES string of the molecule is CCCCCCCCCCCC=NCCCCCCCCCCCCCCCCCC. The summed E-state index contributed by atoms with van der Waals surface area (Å²) in [4.78, 5) is 4.62. The zero-order valence-electron chi connectivity index (χ0n) is 22.1. The number of hydrogen-bond donors (Lipinski definition) is 0. The summed E-state index contributed by atoms with van der Waals surface area (Å²) in [5.74, 6) is 0. The zero-order valence-corrected chi connectivity index (χ0v) is 22.1. The van der Waals surface area contributed by atoms with Gasteiger partial charge in [0, 0.05) is 6.54 Å². The van der Waals surface area contributed by atoms with Crippen LogP contribution in [0.1, 0.15) is 181 Å². The Bertz CT molecular complexity index is 322. The predicted octanol–water partition coefficient (Wildman–Crippen LogP) is 11.2. The van der Waals surface area contributed by atoms with Gasteiger partial charge in [0.15, 0.2) is 0 Å². The van der Waals surface area contributed by atoms with Gasteiger partial charge in [0.1, 0.15) is 0 Å². The van der Waals surface area contributed by atoms with Crippen molar-refractivity contribution in [2.45, 2.75) is 181 Å². The maximum atomic E-state index is 4.62. The van der Waals surface area contributed by atoms with Crippen LogP contribution in [0.5, 0.6) is 0 Å². The van der Waals surface area contributed by atoms with Crippen LogP contribution in [-0.2, 0) is 0 Å².